The fraction of sp³-hybridized carbons (Fsp3) is 0.300. The molecule has 0 bridgehead atoms. The Balaban J connectivity index is 2.09. The maximum atomic E-state index is 12.7. The lowest BCUT2D eigenvalue weighted by Crippen LogP contribution is -2.34. The van der Waals surface area contributed by atoms with Crippen molar-refractivity contribution in [2.24, 2.45) is 5.92 Å². The third-order valence-corrected chi connectivity index (χ3v) is 4.46. The third kappa shape index (κ3) is 6.52. The Labute approximate surface area is 173 Å². The molecule has 0 aliphatic heterocycles. The molecule has 0 unspecified atom stereocenters. The van der Waals surface area contributed by atoms with Crippen LogP contribution in [0.25, 0.3) is 0 Å². The van der Waals surface area contributed by atoms with Crippen molar-refractivity contribution in [2.45, 2.75) is 27.2 Å². The highest BCUT2D eigenvalue weighted by Gasteiger charge is 2.15. The molecule has 0 aliphatic rings. The molecule has 144 valence electrons. The van der Waals surface area contributed by atoms with Gasteiger partial charge in [0.15, 0.2) is 5.11 Å². The van der Waals surface area contributed by atoms with Crippen LogP contribution < -0.4 is 15.4 Å². The Morgan fingerprint density at radius 1 is 1.26 bits per heavy atom. The first-order valence-electron chi connectivity index (χ1n) is 8.60. The molecule has 1 amide bonds. The van der Waals surface area contributed by atoms with Crippen molar-refractivity contribution in [3.8, 4) is 11.5 Å². The van der Waals surface area contributed by atoms with Crippen LogP contribution >= 0.6 is 28.1 Å². The van der Waals surface area contributed by atoms with Gasteiger partial charge in [-0.15, -0.1) is 0 Å². The zero-order valence-electron chi connectivity index (χ0n) is 15.5. The molecule has 2 aromatic carbocycles. The molecular formula is C20H23BrN2O3S. The minimum absolute atomic E-state index is 0.0531. The van der Waals surface area contributed by atoms with Crippen LogP contribution in [0.2, 0.25) is 0 Å². The summed E-state index contributed by atoms with van der Waals surface area (Å²) in [7, 11) is 0. The van der Waals surface area contributed by atoms with E-state index < -0.39 is 0 Å². The molecular weight excluding hydrogens is 428 g/mol. The van der Waals surface area contributed by atoms with Crippen molar-refractivity contribution >= 4 is 44.9 Å². The van der Waals surface area contributed by atoms with Gasteiger partial charge in [0.05, 0.1) is 17.9 Å². The van der Waals surface area contributed by atoms with Gasteiger partial charge in [0.2, 0.25) is 0 Å². The number of phenolic OH excluding ortho intramolecular Hbond substituents is 1. The van der Waals surface area contributed by atoms with Gasteiger partial charge >= 0.3 is 0 Å². The molecule has 0 spiro atoms. The highest BCUT2D eigenvalue weighted by molar-refractivity contribution is 9.10. The number of carbonyl (C=O) groups is 1. The van der Waals surface area contributed by atoms with Crippen LogP contribution in [0, 0.1) is 12.8 Å². The number of amides is 1. The van der Waals surface area contributed by atoms with Crippen LogP contribution in [0.3, 0.4) is 0 Å². The van der Waals surface area contributed by atoms with Gasteiger partial charge in [-0.2, -0.15) is 0 Å². The monoisotopic (exact) mass is 450 g/mol. The molecule has 0 atom stereocenters. The fourth-order valence-electron chi connectivity index (χ4n) is 2.28. The lowest BCUT2D eigenvalue weighted by molar-refractivity contribution is 0.0973. The summed E-state index contributed by atoms with van der Waals surface area (Å²) in [6.07, 6.45) is 0.893. The van der Waals surface area contributed by atoms with Gasteiger partial charge in [0, 0.05) is 4.47 Å². The van der Waals surface area contributed by atoms with Crippen molar-refractivity contribution in [1.82, 2.24) is 5.32 Å². The predicted octanol–water partition coefficient (Wildman–Crippen LogP) is 5.01. The minimum atomic E-state index is -0.388. The number of hydrogen-bond donors (Lipinski definition) is 3. The summed E-state index contributed by atoms with van der Waals surface area (Å²) in [5.74, 6) is 0.673. The van der Waals surface area contributed by atoms with E-state index in [1.54, 1.807) is 30.3 Å². The highest BCUT2D eigenvalue weighted by Crippen LogP contribution is 2.25. The number of benzene rings is 2. The van der Waals surface area contributed by atoms with Gasteiger partial charge in [-0.05, 0) is 67.4 Å². The van der Waals surface area contributed by atoms with Crippen LogP contribution in [0.5, 0.6) is 11.5 Å². The largest absolute Gasteiger partial charge is 0.506 e. The van der Waals surface area contributed by atoms with E-state index in [1.165, 1.54) is 0 Å². The van der Waals surface area contributed by atoms with E-state index in [0.29, 0.717) is 29.5 Å². The minimum Gasteiger partial charge on any atom is -0.506 e. The number of aromatic hydroxyl groups is 1. The molecule has 0 heterocycles. The third-order valence-electron chi connectivity index (χ3n) is 3.77. The maximum Gasteiger partial charge on any atom is 0.261 e. The average Bonchev–Trinajstić information content (AvgIpc) is 2.59. The number of phenols is 1. The summed E-state index contributed by atoms with van der Waals surface area (Å²) >= 11 is 8.58. The lowest BCUT2D eigenvalue weighted by atomic mass is 10.1. The first-order chi connectivity index (χ1) is 12.8. The Kier molecular flexibility index (Phi) is 7.62. The number of thiocarbonyl (C=S) groups is 1. The topological polar surface area (TPSA) is 70.6 Å². The number of halogens is 1. The summed E-state index contributed by atoms with van der Waals surface area (Å²) in [5.41, 5.74) is 1.77. The molecule has 0 aromatic heterocycles. The summed E-state index contributed by atoms with van der Waals surface area (Å²) in [4.78, 5) is 12.7. The van der Waals surface area contributed by atoms with Crippen LogP contribution in [-0.2, 0) is 0 Å². The Hall–Kier alpha value is -2.12. The zero-order valence-corrected chi connectivity index (χ0v) is 17.9. The van der Waals surface area contributed by atoms with Gasteiger partial charge in [-0.3, -0.25) is 10.1 Å². The molecule has 5 nitrogen and oxygen atoms in total. The standard InChI is InChI=1S/C20H23BrN2O3S/c1-12(2)8-9-26-18-7-5-14(21)11-15(18)19(25)23-20(27)22-16-10-13(3)4-6-17(16)24/h4-7,10-12,24H,8-9H2,1-3H3,(H2,22,23,25,27). The van der Waals surface area contributed by atoms with Gasteiger partial charge in [0.1, 0.15) is 11.5 Å². The van der Waals surface area contributed by atoms with Crippen LogP contribution in [0.4, 0.5) is 5.69 Å². The molecule has 0 radical (unpaired) electrons. The number of aryl methyl sites for hydroxylation is 1. The summed E-state index contributed by atoms with van der Waals surface area (Å²) < 4.78 is 6.54. The molecule has 0 saturated carbocycles. The van der Waals surface area contributed by atoms with Crippen molar-refractivity contribution in [3.63, 3.8) is 0 Å². The Bertz CT molecular complexity index is 840. The average molecular weight is 451 g/mol. The van der Waals surface area contributed by atoms with E-state index in [4.69, 9.17) is 17.0 Å². The molecule has 2 rings (SSSR count). The second-order valence-corrected chi connectivity index (χ2v) is 7.92. The van der Waals surface area contributed by atoms with Crippen molar-refractivity contribution < 1.29 is 14.6 Å². The van der Waals surface area contributed by atoms with E-state index in [1.807, 2.05) is 13.0 Å². The van der Waals surface area contributed by atoms with Crippen molar-refractivity contribution in [3.05, 3.63) is 52.0 Å². The molecule has 0 fully saturated rings. The number of rotatable bonds is 6. The normalized spacial score (nSPS) is 10.6. The smallest absolute Gasteiger partial charge is 0.261 e. The first kappa shape index (κ1) is 21.2. The van der Waals surface area contributed by atoms with E-state index in [0.717, 1.165) is 16.5 Å². The number of hydrogen-bond acceptors (Lipinski definition) is 4. The van der Waals surface area contributed by atoms with E-state index in [2.05, 4.69) is 40.4 Å². The van der Waals surface area contributed by atoms with Gasteiger partial charge < -0.3 is 15.2 Å². The van der Waals surface area contributed by atoms with E-state index >= 15 is 0 Å². The van der Waals surface area contributed by atoms with Crippen molar-refractivity contribution in [1.29, 1.82) is 0 Å². The summed E-state index contributed by atoms with van der Waals surface area (Å²) in [5, 5.41) is 15.5. The Morgan fingerprint density at radius 2 is 2.00 bits per heavy atom. The summed E-state index contributed by atoms with van der Waals surface area (Å²) in [6.45, 7) is 6.65. The van der Waals surface area contributed by atoms with Crippen LogP contribution in [-0.4, -0.2) is 22.7 Å². The molecule has 0 aliphatic carbocycles. The number of nitrogens with one attached hydrogen (secondary N) is 2. The molecule has 27 heavy (non-hydrogen) atoms. The SMILES string of the molecule is Cc1ccc(O)c(NC(=S)NC(=O)c2cc(Br)ccc2OCCC(C)C)c1. The molecule has 0 saturated heterocycles. The maximum absolute atomic E-state index is 12.7. The number of anilines is 1. The fourth-order valence-corrected chi connectivity index (χ4v) is 2.85. The highest BCUT2D eigenvalue weighted by atomic mass is 79.9. The number of carbonyl (C=O) groups excluding carboxylic acids is 1. The van der Waals surface area contributed by atoms with Crippen LogP contribution in [0.15, 0.2) is 40.9 Å². The Morgan fingerprint density at radius 3 is 2.70 bits per heavy atom. The second-order valence-electron chi connectivity index (χ2n) is 6.60. The molecule has 2 aromatic rings. The van der Waals surface area contributed by atoms with E-state index in [9.17, 15) is 9.90 Å². The predicted molar refractivity (Wildman–Crippen MR) is 116 cm³/mol. The first-order valence-corrected chi connectivity index (χ1v) is 9.80. The summed E-state index contributed by atoms with van der Waals surface area (Å²) in [6, 6.07) is 10.4. The number of ether oxygens (including phenoxy) is 1. The van der Waals surface area contributed by atoms with Gasteiger partial charge in [0.25, 0.3) is 5.91 Å². The molecule has 7 heteroatoms. The van der Waals surface area contributed by atoms with Gasteiger partial charge in [-0.25, -0.2) is 0 Å². The van der Waals surface area contributed by atoms with Crippen molar-refractivity contribution in [2.75, 3.05) is 11.9 Å². The zero-order chi connectivity index (χ0) is 20.0. The van der Waals surface area contributed by atoms with Gasteiger partial charge in [-0.1, -0.05) is 35.8 Å². The van der Waals surface area contributed by atoms with Crippen LogP contribution in [0.1, 0.15) is 36.2 Å². The lowest BCUT2D eigenvalue weighted by Gasteiger charge is -2.15. The molecule has 3 N–H and O–H groups in total. The van der Waals surface area contributed by atoms with E-state index in [-0.39, 0.29) is 16.8 Å². The second kappa shape index (κ2) is 9.71. The quantitative estimate of drug-likeness (QED) is 0.425.